The van der Waals surface area contributed by atoms with Crippen LogP contribution in [0.3, 0.4) is 0 Å². The zero-order chi connectivity index (χ0) is 13.7. The lowest BCUT2D eigenvalue weighted by Crippen LogP contribution is -2.32. The van der Waals surface area contributed by atoms with Gasteiger partial charge >= 0.3 is 0 Å². The second kappa shape index (κ2) is 6.54. The van der Waals surface area contributed by atoms with E-state index >= 15 is 0 Å². The second-order valence-corrected chi connectivity index (χ2v) is 4.98. The van der Waals surface area contributed by atoms with Crippen molar-refractivity contribution in [1.82, 2.24) is 15.0 Å². The van der Waals surface area contributed by atoms with Gasteiger partial charge in [0.05, 0.1) is 0 Å². The molecule has 1 fully saturated rings. The summed E-state index contributed by atoms with van der Waals surface area (Å²) in [6, 6.07) is 0. The lowest BCUT2D eigenvalue weighted by atomic mass is 10.1. The van der Waals surface area contributed by atoms with Crippen molar-refractivity contribution in [3.63, 3.8) is 0 Å². The van der Waals surface area contributed by atoms with Gasteiger partial charge in [-0.2, -0.15) is 15.0 Å². The minimum atomic E-state index is 0.647. The van der Waals surface area contributed by atoms with Gasteiger partial charge in [-0.05, 0) is 25.7 Å². The molecule has 0 bridgehead atoms. The largest absolute Gasteiger partial charge is 0.357 e. The third kappa shape index (κ3) is 3.45. The van der Waals surface area contributed by atoms with E-state index in [9.17, 15) is 0 Å². The maximum atomic E-state index is 4.61. The molecule has 1 saturated heterocycles. The highest BCUT2D eigenvalue weighted by atomic mass is 15.4. The van der Waals surface area contributed by atoms with E-state index in [-0.39, 0.29) is 0 Å². The second-order valence-electron chi connectivity index (χ2n) is 4.98. The number of anilines is 3. The van der Waals surface area contributed by atoms with Crippen LogP contribution in [0.5, 0.6) is 0 Å². The molecule has 1 aliphatic rings. The first-order valence-corrected chi connectivity index (χ1v) is 7.14. The van der Waals surface area contributed by atoms with Gasteiger partial charge in [0.25, 0.3) is 0 Å². The molecular weight excluding hydrogens is 240 g/mol. The van der Waals surface area contributed by atoms with Gasteiger partial charge in [0, 0.05) is 33.7 Å². The Morgan fingerprint density at radius 3 is 2.53 bits per heavy atom. The Labute approximate surface area is 115 Å². The van der Waals surface area contributed by atoms with E-state index in [1.54, 1.807) is 0 Å². The summed E-state index contributed by atoms with van der Waals surface area (Å²) in [5, 5.41) is 3.03. The van der Waals surface area contributed by atoms with Crippen LogP contribution in [0.4, 0.5) is 17.8 Å². The first kappa shape index (κ1) is 13.8. The smallest absolute Gasteiger partial charge is 0.231 e. The van der Waals surface area contributed by atoms with E-state index in [4.69, 9.17) is 0 Å². The molecule has 2 rings (SSSR count). The minimum Gasteiger partial charge on any atom is -0.357 e. The average Bonchev–Trinajstić information content (AvgIpc) is 2.48. The first-order chi connectivity index (χ1) is 9.24. The van der Waals surface area contributed by atoms with Crippen LogP contribution in [-0.4, -0.2) is 48.7 Å². The maximum absolute atomic E-state index is 4.61. The van der Waals surface area contributed by atoms with Crippen molar-refractivity contribution in [3.8, 4) is 0 Å². The van der Waals surface area contributed by atoms with Crippen molar-refractivity contribution >= 4 is 17.8 Å². The Morgan fingerprint density at radius 1 is 1.16 bits per heavy atom. The van der Waals surface area contributed by atoms with Crippen molar-refractivity contribution in [2.75, 3.05) is 48.8 Å². The summed E-state index contributed by atoms with van der Waals surface area (Å²) >= 11 is 0. The Hall–Kier alpha value is -1.59. The molecule has 0 radical (unpaired) electrons. The van der Waals surface area contributed by atoms with Gasteiger partial charge in [-0.15, -0.1) is 0 Å². The predicted molar refractivity (Wildman–Crippen MR) is 79.0 cm³/mol. The van der Waals surface area contributed by atoms with E-state index < -0.39 is 0 Å². The summed E-state index contributed by atoms with van der Waals surface area (Å²) in [6.07, 6.45) is 4.83. The van der Waals surface area contributed by atoms with E-state index in [1.807, 2.05) is 14.1 Å². The van der Waals surface area contributed by atoms with E-state index in [2.05, 4.69) is 37.0 Å². The number of hydrogen-bond donors (Lipinski definition) is 1. The van der Waals surface area contributed by atoms with Gasteiger partial charge in [0.1, 0.15) is 0 Å². The van der Waals surface area contributed by atoms with Crippen LogP contribution in [0.25, 0.3) is 0 Å². The molecular formula is C13H24N6. The topological polar surface area (TPSA) is 57.2 Å². The van der Waals surface area contributed by atoms with Gasteiger partial charge in [0.15, 0.2) is 0 Å². The highest BCUT2D eigenvalue weighted by Crippen LogP contribution is 2.19. The first-order valence-electron chi connectivity index (χ1n) is 7.14. The zero-order valence-electron chi connectivity index (χ0n) is 12.2. The molecule has 0 atom stereocenters. The van der Waals surface area contributed by atoms with Crippen molar-refractivity contribution in [2.24, 2.45) is 0 Å². The van der Waals surface area contributed by atoms with Crippen molar-refractivity contribution < 1.29 is 0 Å². The van der Waals surface area contributed by atoms with Crippen LogP contribution >= 0.6 is 0 Å². The normalized spacial score (nSPS) is 15.4. The van der Waals surface area contributed by atoms with Gasteiger partial charge in [-0.3, -0.25) is 0 Å². The predicted octanol–water partition coefficient (Wildman–Crippen LogP) is 1.75. The molecule has 0 aromatic carbocycles. The molecule has 1 aliphatic heterocycles. The summed E-state index contributed by atoms with van der Waals surface area (Å²) in [7, 11) is 3.87. The standard InChI is InChI=1S/C13H24N6/c1-4-8-18(3)12-15-11(14-2)16-13(17-12)19-9-6-5-7-10-19/h4-10H2,1-3H3,(H,14,15,16,17). The van der Waals surface area contributed by atoms with E-state index in [0.29, 0.717) is 5.95 Å². The highest BCUT2D eigenvalue weighted by Gasteiger charge is 2.17. The third-order valence-electron chi connectivity index (χ3n) is 3.37. The zero-order valence-corrected chi connectivity index (χ0v) is 12.2. The van der Waals surface area contributed by atoms with Crippen molar-refractivity contribution in [1.29, 1.82) is 0 Å². The van der Waals surface area contributed by atoms with E-state index in [1.165, 1.54) is 19.3 Å². The molecule has 0 aliphatic carbocycles. The number of aromatic nitrogens is 3. The number of rotatable bonds is 5. The molecule has 0 amide bonds. The maximum Gasteiger partial charge on any atom is 0.231 e. The van der Waals surface area contributed by atoms with E-state index in [0.717, 1.165) is 38.0 Å². The molecule has 1 aromatic heterocycles. The molecule has 2 heterocycles. The molecule has 106 valence electrons. The number of nitrogens with one attached hydrogen (secondary N) is 1. The van der Waals surface area contributed by atoms with Crippen molar-refractivity contribution in [3.05, 3.63) is 0 Å². The monoisotopic (exact) mass is 264 g/mol. The fourth-order valence-corrected chi connectivity index (χ4v) is 2.31. The highest BCUT2D eigenvalue weighted by molar-refractivity contribution is 5.44. The number of hydrogen-bond acceptors (Lipinski definition) is 6. The molecule has 1 aromatic rings. The fraction of sp³-hybridized carbons (Fsp3) is 0.769. The Kier molecular flexibility index (Phi) is 4.76. The van der Waals surface area contributed by atoms with Crippen LogP contribution in [0.15, 0.2) is 0 Å². The van der Waals surface area contributed by atoms with Crippen LogP contribution in [0, 0.1) is 0 Å². The Morgan fingerprint density at radius 2 is 1.89 bits per heavy atom. The molecule has 1 N–H and O–H groups in total. The summed E-state index contributed by atoms with van der Waals surface area (Å²) in [5.41, 5.74) is 0. The lowest BCUT2D eigenvalue weighted by Gasteiger charge is -2.27. The number of nitrogens with zero attached hydrogens (tertiary/aromatic N) is 5. The average molecular weight is 264 g/mol. The van der Waals surface area contributed by atoms with Crippen LogP contribution < -0.4 is 15.1 Å². The summed E-state index contributed by atoms with van der Waals surface area (Å²) in [4.78, 5) is 17.9. The molecule has 0 unspecified atom stereocenters. The van der Waals surface area contributed by atoms with Gasteiger partial charge in [-0.25, -0.2) is 0 Å². The number of piperidine rings is 1. The fourth-order valence-electron chi connectivity index (χ4n) is 2.31. The molecule has 0 saturated carbocycles. The van der Waals surface area contributed by atoms with Gasteiger partial charge in [0.2, 0.25) is 17.8 Å². The SMILES string of the molecule is CCCN(C)c1nc(NC)nc(N2CCCCC2)n1. The van der Waals surface area contributed by atoms with Crippen LogP contribution in [0.2, 0.25) is 0 Å². The van der Waals surface area contributed by atoms with Crippen LogP contribution in [-0.2, 0) is 0 Å². The summed E-state index contributed by atoms with van der Waals surface area (Å²) in [5.74, 6) is 2.20. The Bertz CT molecular complexity index is 402. The van der Waals surface area contributed by atoms with Gasteiger partial charge in [-0.1, -0.05) is 6.92 Å². The van der Waals surface area contributed by atoms with Crippen molar-refractivity contribution in [2.45, 2.75) is 32.6 Å². The Balaban J connectivity index is 2.24. The minimum absolute atomic E-state index is 0.647. The summed E-state index contributed by atoms with van der Waals surface area (Å²) in [6.45, 7) is 5.20. The lowest BCUT2D eigenvalue weighted by molar-refractivity contribution is 0.567. The van der Waals surface area contributed by atoms with Crippen LogP contribution in [0.1, 0.15) is 32.6 Å². The quantitative estimate of drug-likeness (QED) is 0.874. The molecule has 6 heteroatoms. The molecule has 19 heavy (non-hydrogen) atoms. The molecule has 6 nitrogen and oxygen atoms in total. The van der Waals surface area contributed by atoms with Gasteiger partial charge < -0.3 is 15.1 Å². The molecule has 0 spiro atoms. The summed E-state index contributed by atoms with van der Waals surface area (Å²) < 4.78 is 0. The third-order valence-corrected chi connectivity index (χ3v) is 3.37.